The number of halogens is 2. The van der Waals surface area contributed by atoms with Gasteiger partial charge in [0.2, 0.25) is 0 Å². The van der Waals surface area contributed by atoms with Crippen molar-refractivity contribution in [2.45, 2.75) is 31.8 Å². The minimum Gasteiger partial charge on any atom is -0.462 e. The Morgan fingerprint density at radius 1 is 1.14 bits per heavy atom. The zero-order chi connectivity index (χ0) is 25.5. The second-order valence-corrected chi connectivity index (χ2v) is 10.4. The highest BCUT2D eigenvalue weighted by molar-refractivity contribution is 6.36. The maximum absolute atomic E-state index is 15.8. The van der Waals surface area contributed by atoms with E-state index in [-0.39, 0.29) is 17.7 Å². The first kappa shape index (κ1) is 24.3. The van der Waals surface area contributed by atoms with Gasteiger partial charge in [0.15, 0.2) is 5.65 Å². The van der Waals surface area contributed by atoms with Crippen LogP contribution in [0, 0.1) is 5.82 Å². The third-order valence-electron chi connectivity index (χ3n) is 7.56. The highest BCUT2D eigenvalue weighted by Crippen LogP contribution is 2.36. The number of fused-ring (bicyclic) bond motifs is 2. The summed E-state index contributed by atoms with van der Waals surface area (Å²) in [5.41, 5.74) is 1.25. The monoisotopic (exact) mass is 520 g/mol. The van der Waals surface area contributed by atoms with Gasteiger partial charge in [-0.25, -0.2) is 9.37 Å². The molecule has 1 N–H and O–H groups in total. The maximum atomic E-state index is 15.8. The summed E-state index contributed by atoms with van der Waals surface area (Å²) in [5.74, 6) is 0.219. The standard InChI is InChI=1S/C28H30ClFN6O/c1-17-15-31-11-13-36(17)27-21-14-23(30)25(20-9-3-6-18-7-4-10-22(29)24(18)20)32-26(21)33-28(34-27)37-16-19-8-5-12-35(19)2/h3-4,6-7,9-10,14,17,19,31H,5,8,11-13,15-16H2,1-2H3. The number of hydrogen-bond acceptors (Lipinski definition) is 7. The van der Waals surface area contributed by atoms with Crippen molar-refractivity contribution in [1.29, 1.82) is 0 Å². The highest BCUT2D eigenvalue weighted by atomic mass is 35.5. The fourth-order valence-electron chi connectivity index (χ4n) is 5.48. The molecule has 192 valence electrons. The van der Waals surface area contributed by atoms with Crippen LogP contribution < -0.4 is 15.0 Å². The Labute approximate surface area is 220 Å². The molecule has 4 heterocycles. The number of nitrogens with one attached hydrogen (secondary N) is 1. The lowest BCUT2D eigenvalue weighted by atomic mass is 10.0. The summed E-state index contributed by atoms with van der Waals surface area (Å²) in [5, 5.41) is 6.22. The van der Waals surface area contributed by atoms with E-state index in [4.69, 9.17) is 26.3 Å². The van der Waals surface area contributed by atoms with Gasteiger partial charge in [-0.2, -0.15) is 9.97 Å². The highest BCUT2D eigenvalue weighted by Gasteiger charge is 2.26. The summed E-state index contributed by atoms with van der Waals surface area (Å²) in [6, 6.07) is 13.6. The van der Waals surface area contributed by atoms with Gasteiger partial charge in [-0.15, -0.1) is 0 Å². The lowest BCUT2D eigenvalue weighted by Crippen LogP contribution is -2.50. The van der Waals surface area contributed by atoms with Crippen LogP contribution in [0.25, 0.3) is 33.1 Å². The molecule has 2 saturated heterocycles. The molecule has 0 aliphatic carbocycles. The SMILES string of the molecule is CC1CNCCN1c1nc(OCC2CCCN2C)nc2nc(-c3cccc4cccc(Cl)c34)c(F)cc12. The summed E-state index contributed by atoms with van der Waals surface area (Å²) in [7, 11) is 2.11. The molecule has 0 spiro atoms. The predicted octanol–water partition coefficient (Wildman–Crippen LogP) is 4.91. The molecule has 2 fully saturated rings. The molecular formula is C28H30ClFN6O. The molecule has 2 aliphatic heterocycles. The van der Waals surface area contributed by atoms with Gasteiger partial charge in [-0.3, -0.25) is 0 Å². The van der Waals surface area contributed by atoms with Gasteiger partial charge in [0, 0.05) is 47.7 Å². The van der Waals surface area contributed by atoms with Crippen LogP contribution in [-0.2, 0) is 0 Å². The number of benzene rings is 2. The summed E-state index contributed by atoms with van der Waals surface area (Å²) in [4.78, 5) is 18.7. The molecule has 0 saturated carbocycles. The first-order chi connectivity index (χ1) is 18.0. The number of pyridine rings is 1. The molecule has 0 radical (unpaired) electrons. The topological polar surface area (TPSA) is 66.4 Å². The molecule has 0 bridgehead atoms. The molecule has 6 rings (SSSR count). The van der Waals surface area contributed by atoms with Crippen molar-refractivity contribution in [3.63, 3.8) is 0 Å². The number of aromatic nitrogens is 3. The summed E-state index contributed by atoms with van der Waals surface area (Å²) in [6.45, 7) is 6.09. The molecule has 9 heteroatoms. The molecule has 7 nitrogen and oxygen atoms in total. The summed E-state index contributed by atoms with van der Waals surface area (Å²) >= 11 is 6.55. The molecule has 0 amide bonds. The average Bonchev–Trinajstić information content (AvgIpc) is 3.31. The van der Waals surface area contributed by atoms with Crippen LogP contribution >= 0.6 is 11.6 Å². The van der Waals surface area contributed by atoms with Crippen molar-refractivity contribution in [3.05, 3.63) is 53.3 Å². The number of nitrogens with zero attached hydrogens (tertiary/aromatic N) is 5. The molecule has 4 aromatic rings. The fourth-order valence-corrected chi connectivity index (χ4v) is 5.76. The van der Waals surface area contributed by atoms with Crippen molar-refractivity contribution in [2.24, 2.45) is 0 Å². The van der Waals surface area contributed by atoms with Crippen LogP contribution in [0.2, 0.25) is 5.02 Å². The maximum Gasteiger partial charge on any atom is 0.320 e. The van der Waals surface area contributed by atoms with Gasteiger partial charge < -0.3 is 19.9 Å². The molecule has 2 unspecified atom stereocenters. The first-order valence-corrected chi connectivity index (χ1v) is 13.2. The van der Waals surface area contributed by atoms with E-state index in [0.29, 0.717) is 40.1 Å². The van der Waals surface area contributed by atoms with E-state index in [1.165, 1.54) is 6.07 Å². The number of anilines is 1. The van der Waals surface area contributed by atoms with Gasteiger partial charge in [0.25, 0.3) is 0 Å². The van der Waals surface area contributed by atoms with E-state index < -0.39 is 5.82 Å². The number of likely N-dealkylation sites (N-methyl/N-ethyl adjacent to an activating group) is 1. The number of likely N-dealkylation sites (tertiary alicyclic amines) is 1. The van der Waals surface area contributed by atoms with Crippen molar-refractivity contribution < 1.29 is 9.13 Å². The van der Waals surface area contributed by atoms with E-state index >= 15 is 4.39 Å². The van der Waals surface area contributed by atoms with Crippen LogP contribution in [0.15, 0.2) is 42.5 Å². The average molecular weight is 521 g/mol. The quantitative estimate of drug-likeness (QED) is 0.401. The van der Waals surface area contributed by atoms with Gasteiger partial charge in [-0.05, 0) is 50.9 Å². The van der Waals surface area contributed by atoms with Crippen LogP contribution in [0.5, 0.6) is 6.01 Å². The summed E-state index contributed by atoms with van der Waals surface area (Å²) in [6.07, 6.45) is 2.24. The Balaban J connectivity index is 1.49. The largest absolute Gasteiger partial charge is 0.462 e. The van der Waals surface area contributed by atoms with E-state index in [9.17, 15) is 0 Å². The second kappa shape index (κ2) is 10.0. The van der Waals surface area contributed by atoms with Crippen molar-refractivity contribution in [2.75, 3.05) is 44.7 Å². The molecule has 2 aliphatic rings. The normalized spacial score (nSPS) is 20.7. The van der Waals surface area contributed by atoms with E-state index in [1.807, 2.05) is 36.4 Å². The van der Waals surface area contributed by atoms with Crippen LogP contribution in [0.1, 0.15) is 19.8 Å². The molecule has 2 aromatic carbocycles. The van der Waals surface area contributed by atoms with E-state index in [2.05, 4.69) is 34.1 Å². The zero-order valence-electron chi connectivity index (χ0n) is 21.0. The number of rotatable bonds is 5. The van der Waals surface area contributed by atoms with Crippen LogP contribution in [0.4, 0.5) is 10.2 Å². The fraction of sp³-hybridized carbons (Fsp3) is 0.393. The minimum absolute atomic E-state index is 0.181. The Bertz CT molecular complexity index is 1460. The molecule has 37 heavy (non-hydrogen) atoms. The third kappa shape index (κ3) is 4.58. The molecular weight excluding hydrogens is 491 g/mol. The lowest BCUT2D eigenvalue weighted by Gasteiger charge is -2.35. The third-order valence-corrected chi connectivity index (χ3v) is 7.87. The van der Waals surface area contributed by atoms with E-state index in [0.717, 1.165) is 49.8 Å². The minimum atomic E-state index is -0.436. The first-order valence-electron chi connectivity index (χ1n) is 12.9. The smallest absolute Gasteiger partial charge is 0.320 e. The lowest BCUT2D eigenvalue weighted by molar-refractivity contribution is 0.188. The van der Waals surface area contributed by atoms with E-state index in [1.54, 1.807) is 0 Å². The Morgan fingerprint density at radius 2 is 1.97 bits per heavy atom. The predicted molar refractivity (Wildman–Crippen MR) is 146 cm³/mol. The van der Waals surface area contributed by atoms with Crippen LogP contribution in [-0.4, -0.2) is 71.8 Å². The van der Waals surface area contributed by atoms with Gasteiger partial charge in [-0.1, -0.05) is 41.9 Å². The zero-order valence-corrected chi connectivity index (χ0v) is 21.8. The van der Waals surface area contributed by atoms with Crippen molar-refractivity contribution in [1.82, 2.24) is 25.2 Å². The number of hydrogen-bond donors (Lipinski definition) is 1. The van der Waals surface area contributed by atoms with Gasteiger partial charge >= 0.3 is 6.01 Å². The van der Waals surface area contributed by atoms with Crippen LogP contribution in [0.3, 0.4) is 0 Å². The van der Waals surface area contributed by atoms with Crippen molar-refractivity contribution >= 4 is 39.2 Å². The Kier molecular flexibility index (Phi) is 6.56. The molecule has 2 aromatic heterocycles. The number of piperazine rings is 1. The van der Waals surface area contributed by atoms with Gasteiger partial charge in [0.05, 0.1) is 5.39 Å². The number of ether oxygens (including phenoxy) is 1. The Hall–Kier alpha value is -3.07. The van der Waals surface area contributed by atoms with Gasteiger partial charge in [0.1, 0.15) is 23.9 Å². The second-order valence-electron chi connectivity index (χ2n) is 10.00. The Morgan fingerprint density at radius 3 is 2.76 bits per heavy atom. The summed E-state index contributed by atoms with van der Waals surface area (Å²) < 4.78 is 21.9. The molecule has 2 atom stereocenters. The van der Waals surface area contributed by atoms with Crippen molar-refractivity contribution in [3.8, 4) is 17.3 Å².